The van der Waals surface area contributed by atoms with Crippen LogP contribution >= 0.6 is 0 Å². The largest absolute Gasteiger partial charge is 0.487 e. The Morgan fingerprint density at radius 3 is 2.80 bits per heavy atom. The predicted octanol–water partition coefficient (Wildman–Crippen LogP) is 4.67. The fourth-order valence-corrected chi connectivity index (χ4v) is 3.89. The van der Waals surface area contributed by atoms with Crippen molar-refractivity contribution in [1.29, 1.82) is 0 Å². The molecule has 1 aliphatic rings. The molecular formula is C24H26N2O4. The fraction of sp³-hybridized carbons (Fsp3) is 0.333. The van der Waals surface area contributed by atoms with Crippen molar-refractivity contribution in [3.63, 3.8) is 0 Å². The number of ether oxygens (including phenoxy) is 1. The molecule has 2 heterocycles. The Morgan fingerprint density at radius 2 is 2.03 bits per heavy atom. The van der Waals surface area contributed by atoms with E-state index in [4.69, 9.17) is 9.15 Å². The normalized spacial score (nSPS) is 19.1. The summed E-state index contributed by atoms with van der Waals surface area (Å²) in [5, 5.41) is 9.61. The van der Waals surface area contributed by atoms with Gasteiger partial charge in [-0.1, -0.05) is 30.3 Å². The minimum atomic E-state index is -0.803. The minimum Gasteiger partial charge on any atom is -0.487 e. The SMILES string of the molecule is Cc1oc(-c2ccccc2)nc1COc1cccc(CN2CCCC2(C)C(=O)O)c1. The lowest BCUT2D eigenvalue weighted by Gasteiger charge is -2.31. The average molecular weight is 406 g/mol. The van der Waals surface area contributed by atoms with Gasteiger partial charge in [0.2, 0.25) is 5.89 Å². The highest BCUT2D eigenvalue weighted by Gasteiger charge is 2.43. The van der Waals surface area contributed by atoms with Crippen molar-refractivity contribution in [2.24, 2.45) is 0 Å². The molecule has 1 saturated heterocycles. The van der Waals surface area contributed by atoms with E-state index in [2.05, 4.69) is 4.98 Å². The number of oxazole rings is 1. The van der Waals surface area contributed by atoms with E-state index < -0.39 is 11.5 Å². The molecule has 0 radical (unpaired) electrons. The maximum absolute atomic E-state index is 11.7. The molecule has 0 bridgehead atoms. The molecule has 2 aromatic carbocycles. The van der Waals surface area contributed by atoms with Gasteiger partial charge in [-0.05, 0) is 63.1 Å². The van der Waals surface area contributed by atoms with Gasteiger partial charge in [-0.2, -0.15) is 0 Å². The number of benzene rings is 2. The molecule has 1 atom stereocenters. The van der Waals surface area contributed by atoms with Gasteiger partial charge >= 0.3 is 5.97 Å². The predicted molar refractivity (Wildman–Crippen MR) is 113 cm³/mol. The Balaban J connectivity index is 1.43. The second-order valence-corrected chi connectivity index (χ2v) is 7.93. The molecule has 1 fully saturated rings. The summed E-state index contributed by atoms with van der Waals surface area (Å²) in [7, 11) is 0. The topological polar surface area (TPSA) is 75.8 Å². The van der Waals surface area contributed by atoms with Crippen molar-refractivity contribution < 1.29 is 19.1 Å². The second-order valence-electron chi connectivity index (χ2n) is 7.93. The number of aryl methyl sites for hydroxylation is 1. The molecule has 6 heteroatoms. The highest BCUT2D eigenvalue weighted by Crippen LogP contribution is 2.31. The molecule has 1 aliphatic heterocycles. The maximum atomic E-state index is 11.7. The summed E-state index contributed by atoms with van der Waals surface area (Å²) >= 11 is 0. The lowest BCUT2D eigenvalue weighted by molar-refractivity contribution is -0.148. The molecule has 1 N–H and O–H groups in total. The van der Waals surface area contributed by atoms with E-state index in [0.717, 1.165) is 41.3 Å². The van der Waals surface area contributed by atoms with E-state index in [1.54, 1.807) is 6.92 Å². The van der Waals surface area contributed by atoms with Gasteiger partial charge < -0.3 is 14.3 Å². The van der Waals surface area contributed by atoms with Crippen LogP contribution in [0.15, 0.2) is 59.0 Å². The number of rotatable bonds is 7. The van der Waals surface area contributed by atoms with Crippen molar-refractivity contribution in [2.45, 2.75) is 45.4 Å². The zero-order valence-electron chi connectivity index (χ0n) is 17.3. The van der Waals surface area contributed by atoms with E-state index in [0.29, 0.717) is 25.5 Å². The Labute approximate surface area is 176 Å². The van der Waals surface area contributed by atoms with Crippen molar-refractivity contribution in [2.75, 3.05) is 6.54 Å². The van der Waals surface area contributed by atoms with Gasteiger partial charge in [0.1, 0.15) is 29.3 Å². The van der Waals surface area contributed by atoms with Crippen LogP contribution in [0.4, 0.5) is 0 Å². The Hall–Kier alpha value is -3.12. The molecule has 0 amide bonds. The number of hydrogen-bond acceptors (Lipinski definition) is 5. The van der Waals surface area contributed by atoms with Crippen molar-refractivity contribution in [3.05, 3.63) is 71.6 Å². The third-order valence-electron chi connectivity index (χ3n) is 5.81. The molecule has 6 nitrogen and oxygen atoms in total. The number of nitrogens with zero attached hydrogens (tertiary/aromatic N) is 2. The highest BCUT2D eigenvalue weighted by molar-refractivity contribution is 5.78. The Morgan fingerprint density at radius 1 is 1.23 bits per heavy atom. The van der Waals surface area contributed by atoms with E-state index >= 15 is 0 Å². The summed E-state index contributed by atoms with van der Waals surface area (Å²) in [6.07, 6.45) is 1.57. The van der Waals surface area contributed by atoms with Crippen molar-refractivity contribution in [1.82, 2.24) is 9.88 Å². The number of aromatic nitrogens is 1. The van der Waals surface area contributed by atoms with Gasteiger partial charge in [0.25, 0.3) is 0 Å². The van der Waals surface area contributed by atoms with Gasteiger partial charge in [-0.15, -0.1) is 0 Å². The molecule has 0 aliphatic carbocycles. The van der Waals surface area contributed by atoms with Gasteiger partial charge in [0, 0.05) is 12.1 Å². The lowest BCUT2D eigenvalue weighted by Crippen LogP contribution is -2.47. The van der Waals surface area contributed by atoms with E-state index in [1.165, 1.54) is 0 Å². The molecule has 0 saturated carbocycles. The first-order valence-electron chi connectivity index (χ1n) is 10.2. The fourth-order valence-electron chi connectivity index (χ4n) is 3.89. The molecule has 1 unspecified atom stereocenters. The quantitative estimate of drug-likeness (QED) is 0.615. The lowest BCUT2D eigenvalue weighted by atomic mass is 9.99. The summed E-state index contributed by atoms with van der Waals surface area (Å²) in [6, 6.07) is 17.6. The van der Waals surface area contributed by atoms with Crippen molar-refractivity contribution >= 4 is 5.97 Å². The molecule has 3 aromatic rings. The van der Waals surface area contributed by atoms with Crippen LogP contribution in [0.3, 0.4) is 0 Å². The van der Waals surface area contributed by atoms with Gasteiger partial charge in [-0.3, -0.25) is 9.69 Å². The first kappa shape index (κ1) is 20.2. The van der Waals surface area contributed by atoms with Crippen LogP contribution in [0.5, 0.6) is 5.75 Å². The molecule has 156 valence electrons. The number of hydrogen-bond donors (Lipinski definition) is 1. The number of carboxylic acid groups (broad SMARTS) is 1. The van der Waals surface area contributed by atoms with Gasteiger partial charge in [0.05, 0.1) is 0 Å². The van der Waals surface area contributed by atoms with E-state index in [1.807, 2.05) is 66.4 Å². The van der Waals surface area contributed by atoms with Crippen LogP contribution in [0.1, 0.15) is 36.8 Å². The Bertz CT molecular complexity index is 1030. The zero-order valence-corrected chi connectivity index (χ0v) is 17.3. The molecule has 0 spiro atoms. The maximum Gasteiger partial charge on any atom is 0.323 e. The third-order valence-corrected chi connectivity index (χ3v) is 5.81. The summed E-state index contributed by atoms with van der Waals surface area (Å²) in [5.74, 6) is 1.29. The monoisotopic (exact) mass is 406 g/mol. The zero-order chi connectivity index (χ0) is 21.1. The van der Waals surface area contributed by atoms with E-state index in [9.17, 15) is 9.90 Å². The molecule has 30 heavy (non-hydrogen) atoms. The average Bonchev–Trinajstić information content (AvgIpc) is 3.31. The summed E-state index contributed by atoms with van der Waals surface area (Å²) < 4.78 is 11.8. The number of carbonyl (C=O) groups is 1. The van der Waals surface area contributed by atoms with Crippen LogP contribution in [0, 0.1) is 6.92 Å². The Kier molecular flexibility index (Phi) is 5.59. The molecule has 1 aromatic heterocycles. The summed E-state index contributed by atoms with van der Waals surface area (Å²) in [4.78, 5) is 18.3. The summed E-state index contributed by atoms with van der Waals surface area (Å²) in [6.45, 7) is 5.37. The molecular weight excluding hydrogens is 380 g/mol. The molecule has 4 rings (SSSR count). The van der Waals surface area contributed by atoms with Gasteiger partial charge in [-0.25, -0.2) is 4.98 Å². The third kappa shape index (κ3) is 4.09. The van der Waals surface area contributed by atoms with Crippen LogP contribution in [0.25, 0.3) is 11.5 Å². The highest BCUT2D eigenvalue weighted by atomic mass is 16.5. The first-order valence-corrected chi connectivity index (χ1v) is 10.2. The number of carboxylic acids is 1. The van der Waals surface area contributed by atoms with Crippen molar-refractivity contribution in [3.8, 4) is 17.2 Å². The van der Waals surface area contributed by atoms with E-state index in [-0.39, 0.29) is 0 Å². The van der Waals surface area contributed by atoms with Crippen LogP contribution in [-0.2, 0) is 17.9 Å². The van der Waals surface area contributed by atoms with Gasteiger partial charge in [0.15, 0.2) is 0 Å². The number of aliphatic carboxylic acids is 1. The second kappa shape index (κ2) is 8.32. The van der Waals surface area contributed by atoms with Crippen LogP contribution in [0.2, 0.25) is 0 Å². The van der Waals surface area contributed by atoms with Crippen LogP contribution < -0.4 is 4.74 Å². The first-order chi connectivity index (χ1) is 14.5. The number of likely N-dealkylation sites (tertiary alicyclic amines) is 1. The summed E-state index contributed by atoms with van der Waals surface area (Å²) in [5.41, 5.74) is 1.92. The minimum absolute atomic E-state index is 0.308. The standard InChI is InChI=1S/C24H26N2O4/c1-17-21(25-22(30-17)19-9-4-3-5-10-19)16-29-20-11-6-8-18(14-20)15-26-13-7-12-24(26,2)23(27)28/h3-6,8-11,14H,7,12-13,15-16H2,1-2H3,(H,27,28). The van der Waals surface area contributed by atoms with Crippen LogP contribution in [-0.4, -0.2) is 33.0 Å². The smallest absolute Gasteiger partial charge is 0.323 e.